The molecule has 0 radical (unpaired) electrons. The number of hydrogen-bond acceptors (Lipinski definition) is 9. The molecule has 0 heterocycles. The molecule has 4 rings (SSSR count). The molecule has 1 saturated carbocycles. The number of phenolic OH excluding ortho intramolecular Hbond substituents is 1. The van der Waals surface area contributed by atoms with E-state index in [-0.39, 0.29) is 16.9 Å². The number of aromatic hydroxyl groups is 1. The van der Waals surface area contributed by atoms with Crippen LogP contribution in [0.3, 0.4) is 0 Å². The van der Waals surface area contributed by atoms with Crippen LogP contribution in [-0.4, -0.2) is 55.6 Å². The van der Waals surface area contributed by atoms with Crippen molar-refractivity contribution in [2.75, 3.05) is 0 Å². The number of fused-ring (bicyclic) bond motifs is 3. The van der Waals surface area contributed by atoms with E-state index in [2.05, 4.69) is 0 Å². The van der Waals surface area contributed by atoms with Crippen LogP contribution in [0.4, 0.5) is 0 Å². The Morgan fingerprint density at radius 1 is 1.17 bits per heavy atom. The summed E-state index contributed by atoms with van der Waals surface area (Å²) in [6.07, 6.45) is 1.05. The van der Waals surface area contributed by atoms with Crippen LogP contribution in [0.1, 0.15) is 63.0 Å². The average molecular weight is 500 g/mol. The number of Topliss-reactive ketones (excluding diaryl/α,β-unsaturated/α-hetero) is 2. The number of carbonyl (C=O) groups is 4. The van der Waals surface area contributed by atoms with Crippen molar-refractivity contribution < 1.29 is 44.3 Å². The molecule has 192 valence electrons. The zero-order valence-corrected chi connectivity index (χ0v) is 20.0. The number of unbranched alkanes of at least 4 members (excludes halogenated alkanes) is 2. The summed E-state index contributed by atoms with van der Waals surface area (Å²) in [6, 6.07) is 4.64. The van der Waals surface area contributed by atoms with Gasteiger partial charge < -0.3 is 30.9 Å². The number of primary amides is 1. The number of nitrogens with two attached hydrogens (primary N) is 1. The minimum Gasteiger partial charge on any atom is -0.508 e. The van der Waals surface area contributed by atoms with Crippen LogP contribution in [0, 0.1) is 11.8 Å². The molecule has 3 aliphatic carbocycles. The normalized spacial score (nSPS) is 29.4. The first-order valence-electron chi connectivity index (χ1n) is 11.9. The maximum absolute atomic E-state index is 13.9. The van der Waals surface area contributed by atoms with Crippen molar-refractivity contribution in [1.29, 1.82) is 0 Å². The Morgan fingerprint density at radius 2 is 1.86 bits per heavy atom. The third-order valence-corrected chi connectivity index (χ3v) is 7.56. The van der Waals surface area contributed by atoms with Gasteiger partial charge in [-0.25, -0.2) is 0 Å². The standard InChI is InChI=1S/C26H29NO9/c1-3-4-5-7-13-12-8-6-9-15(29)17(12)21(31)20-18(13)22(36-11(2)28)14-10-16(30)19(25(27)34)23(32)26(14,35)24(20)33/h6,8-9,13-14,18,22,29,31-32,35H,3-5,7,10H2,1-2H3,(H2,27,34). The van der Waals surface area contributed by atoms with Crippen molar-refractivity contribution in [3.05, 3.63) is 46.2 Å². The van der Waals surface area contributed by atoms with Crippen molar-refractivity contribution in [2.45, 2.75) is 63.6 Å². The van der Waals surface area contributed by atoms with Crippen LogP contribution < -0.4 is 5.73 Å². The number of benzene rings is 1. The SMILES string of the molecule is CCCCCC1c2cccc(O)c2C(O)=C2C(=O)C3(O)C(O)=C(C(N)=O)C(=O)CC3C(OC(C)=O)C21. The number of ketones is 2. The second kappa shape index (κ2) is 9.09. The molecule has 1 amide bonds. The van der Waals surface area contributed by atoms with Gasteiger partial charge in [0.25, 0.3) is 5.91 Å². The Balaban J connectivity index is 2.02. The summed E-state index contributed by atoms with van der Waals surface area (Å²) in [7, 11) is 0. The fourth-order valence-corrected chi connectivity index (χ4v) is 6.05. The highest BCUT2D eigenvalue weighted by Crippen LogP contribution is 2.57. The minimum absolute atomic E-state index is 0.00713. The third-order valence-electron chi connectivity index (χ3n) is 7.56. The Hall–Kier alpha value is -3.66. The van der Waals surface area contributed by atoms with Gasteiger partial charge in [0, 0.05) is 30.8 Å². The largest absolute Gasteiger partial charge is 0.508 e. The number of amides is 1. The maximum Gasteiger partial charge on any atom is 0.302 e. The second-order valence-corrected chi connectivity index (χ2v) is 9.62. The molecule has 0 saturated heterocycles. The molecule has 36 heavy (non-hydrogen) atoms. The highest BCUT2D eigenvalue weighted by atomic mass is 16.5. The van der Waals surface area contributed by atoms with Crippen molar-refractivity contribution in [2.24, 2.45) is 17.6 Å². The van der Waals surface area contributed by atoms with E-state index in [9.17, 15) is 39.6 Å². The topological polar surface area (TPSA) is 184 Å². The van der Waals surface area contributed by atoms with Gasteiger partial charge in [0.05, 0.1) is 5.56 Å². The van der Waals surface area contributed by atoms with E-state index in [0.29, 0.717) is 18.4 Å². The number of rotatable bonds is 6. The summed E-state index contributed by atoms with van der Waals surface area (Å²) in [6.45, 7) is 3.14. The van der Waals surface area contributed by atoms with Crippen LogP contribution in [0.2, 0.25) is 0 Å². The molecule has 0 spiro atoms. The Kier molecular flexibility index (Phi) is 6.42. The Morgan fingerprint density at radius 3 is 2.47 bits per heavy atom. The zero-order valence-electron chi connectivity index (χ0n) is 20.0. The summed E-state index contributed by atoms with van der Waals surface area (Å²) in [5.41, 5.74) is 1.67. The third kappa shape index (κ3) is 3.59. The van der Waals surface area contributed by atoms with E-state index >= 15 is 0 Å². The average Bonchev–Trinajstić information content (AvgIpc) is 2.79. The quantitative estimate of drug-likeness (QED) is 0.222. The number of hydrogen-bond donors (Lipinski definition) is 5. The van der Waals surface area contributed by atoms with Crippen LogP contribution >= 0.6 is 0 Å². The number of phenols is 1. The van der Waals surface area contributed by atoms with E-state index in [4.69, 9.17) is 10.5 Å². The zero-order chi connectivity index (χ0) is 26.5. The van der Waals surface area contributed by atoms with E-state index in [1.807, 2.05) is 6.92 Å². The summed E-state index contributed by atoms with van der Waals surface area (Å²) in [4.78, 5) is 50.7. The second-order valence-electron chi connectivity index (χ2n) is 9.62. The van der Waals surface area contributed by atoms with Gasteiger partial charge in [-0.1, -0.05) is 38.3 Å². The number of aliphatic hydroxyl groups excluding tert-OH is 2. The molecule has 6 N–H and O–H groups in total. The van der Waals surface area contributed by atoms with Crippen molar-refractivity contribution in [3.63, 3.8) is 0 Å². The lowest BCUT2D eigenvalue weighted by Gasteiger charge is -2.52. The van der Waals surface area contributed by atoms with E-state index < -0.39 is 76.4 Å². The van der Waals surface area contributed by atoms with Gasteiger partial charge in [-0.05, 0) is 24.0 Å². The van der Waals surface area contributed by atoms with Gasteiger partial charge in [0.15, 0.2) is 11.4 Å². The molecule has 1 aromatic carbocycles. The van der Waals surface area contributed by atoms with Gasteiger partial charge in [-0.15, -0.1) is 0 Å². The maximum atomic E-state index is 13.9. The predicted molar refractivity (Wildman–Crippen MR) is 126 cm³/mol. The number of esters is 1. The first kappa shape index (κ1) is 25.4. The molecular weight excluding hydrogens is 470 g/mol. The van der Waals surface area contributed by atoms with Crippen molar-refractivity contribution in [1.82, 2.24) is 0 Å². The fraction of sp³-hybridized carbons (Fsp3) is 0.462. The lowest BCUT2D eigenvalue weighted by Crippen LogP contribution is -2.64. The minimum atomic E-state index is -2.85. The first-order chi connectivity index (χ1) is 17.0. The summed E-state index contributed by atoms with van der Waals surface area (Å²) in [5.74, 6) is -9.22. The van der Waals surface area contributed by atoms with E-state index in [0.717, 1.165) is 19.8 Å². The van der Waals surface area contributed by atoms with Gasteiger partial charge >= 0.3 is 5.97 Å². The smallest absolute Gasteiger partial charge is 0.302 e. The molecule has 0 aromatic heterocycles. The molecule has 5 atom stereocenters. The molecule has 3 aliphatic rings. The molecule has 5 unspecified atom stereocenters. The fourth-order valence-electron chi connectivity index (χ4n) is 6.05. The Labute approximate surface area is 207 Å². The molecule has 10 heteroatoms. The van der Waals surface area contributed by atoms with Gasteiger partial charge in [-0.2, -0.15) is 0 Å². The monoisotopic (exact) mass is 499 g/mol. The van der Waals surface area contributed by atoms with Crippen LogP contribution in [0.5, 0.6) is 5.75 Å². The van der Waals surface area contributed by atoms with E-state index in [1.54, 1.807) is 12.1 Å². The first-order valence-corrected chi connectivity index (χ1v) is 11.9. The molecule has 10 nitrogen and oxygen atoms in total. The van der Waals surface area contributed by atoms with Gasteiger partial charge in [-0.3, -0.25) is 19.2 Å². The molecular formula is C26H29NO9. The highest BCUT2D eigenvalue weighted by Gasteiger charge is 2.66. The predicted octanol–water partition coefficient (Wildman–Crippen LogP) is 2.09. The van der Waals surface area contributed by atoms with Crippen molar-refractivity contribution >= 4 is 29.2 Å². The summed E-state index contributed by atoms with van der Waals surface area (Å²) in [5, 5.41) is 44.3. The van der Waals surface area contributed by atoms with Crippen LogP contribution in [0.25, 0.3) is 5.76 Å². The lowest BCUT2D eigenvalue weighted by molar-refractivity contribution is -0.177. The lowest BCUT2D eigenvalue weighted by atomic mass is 9.55. The number of ether oxygens (including phenoxy) is 1. The van der Waals surface area contributed by atoms with Gasteiger partial charge in [0.2, 0.25) is 5.78 Å². The molecule has 0 bridgehead atoms. The van der Waals surface area contributed by atoms with Gasteiger partial charge in [0.1, 0.15) is 28.9 Å². The van der Waals surface area contributed by atoms with E-state index in [1.165, 1.54) is 6.07 Å². The molecule has 1 aromatic rings. The number of carbonyl (C=O) groups excluding carboxylic acids is 4. The summed E-state index contributed by atoms with van der Waals surface area (Å²) >= 11 is 0. The van der Waals surface area contributed by atoms with Crippen LogP contribution in [0.15, 0.2) is 35.1 Å². The highest BCUT2D eigenvalue weighted by molar-refractivity contribution is 6.23. The number of aliphatic hydroxyl groups is 3. The summed E-state index contributed by atoms with van der Waals surface area (Å²) < 4.78 is 5.61. The van der Waals surface area contributed by atoms with Crippen LogP contribution in [-0.2, 0) is 23.9 Å². The Bertz CT molecular complexity index is 1230. The van der Waals surface area contributed by atoms with Crippen molar-refractivity contribution in [3.8, 4) is 5.75 Å². The molecule has 0 aliphatic heterocycles. The molecule has 1 fully saturated rings.